The maximum atomic E-state index is 13.8. The molecule has 20 heavy (non-hydrogen) atoms. The number of hydrogen-bond donors (Lipinski definition) is 1. The first-order chi connectivity index (χ1) is 9.60. The summed E-state index contributed by atoms with van der Waals surface area (Å²) in [5.74, 6) is 1.15. The van der Waals surface area contributed by atoms with Crippen molar-refractivity contribution in [1.82, 2.24) is 9.97 Å². The lowest BCUT2D eigenvalue weighted by Crippen LogP contribution is -2.08. The van der Waals surface area contributed by atoms with Crippen LogP contribution in [0.5, 0.6) is 0 Å². The van der Waals surface area contributed by atoms with E-state index in [1.54, 1.807) is 18.7 Å². The SMILES string of the molecule is CCNc1nc(CSc2cccc(Br)c2)nc(C)c1F. The molecule has 1 aromatic carbocycles. The first-order valence-electron chi connectivity index (χ1n) is 6.25. The molecule has 0 aliphatic heterocycles. The van der Waals surface area contributed by atoms with Crippen molar-refractivity contribution >= 4 is 33.5 Å². The lowest BCUT2D eigenvalue weighted by Gasteiger charge is -2.08. The van der Waals surface area contributed by atoms with Crippen LogP contribution in [0.25, 0.3) is 0 Å². The van der Waals surface area contributed by atoms with Crippen molar-refractivity contribution in [1.29, 1.82) is 0 Å². The fourth-order valence-electron chi connectivity index (χ4n) is 1.67. The highest BCUT2D eigenvalue weighted by molar-refractivity contribution is 9.10. The molecule has 0 radical (unpaired) electrons. The highest BCUT2D eigenvalue weighted by Gasteiger charge is 2.11. The average Bonchev–Trinajstić information content (AvgIpc) is 2.42. The number of nitrogens with one attached hydrogen (secondary N) is 1. The normalized spacial score (nSPS) is 10.6. The second-order valence-electron chi connectivity index (χ2n) is 4.16. The van der Waals surface area contributed by atoms with Gasteiger partial charge in [-0.25, -0.2) is 14.4 Å². The van der Waals surface area contributed by atoms with E-state index in [9.17, 15) is 4.39 Å². The standard InChI is InChI=1S/C14H15BrFN3S/c1-3-17-14-13(16)9(2)18-12(19-14)8-20-11-6-4-5-10(15)7-11/h4-7H,3,8H2,1-2H3,(H,17,18,19). The van der Waals surface area contributed by atoms with Gasteiger partial charge in [-0.05, 0) is 32.0 Å². The van der Waals surface area contributed by atoms with E-state index < -0.39 is 0 Å². The van der Waals surface area contributed by atoms with Gasteiger partial charge in [-0.3, -0.25) is 0 Å². The van der Waals surface area contributed by atoms with Crippen LogP contribution in [0.1, 0.15) is 18.4 Å². The predicted molar refractivity (Wildman–Crippen MR) is 84.6 cm³/mol. The summed E-state index contributed by atoms with van der Waals surface area (Å²) in [6, 6.07) is 8.02. The molecule has 3 nitrogen and oxygen atoms in total. The van der Waals surface area contributed by atoms with E-state index in [-0.39, 0.29) is 11.6 Å². The van der Waals surface area contributed by atoms with E-state index in [4.69, 9.17) is 0 Å². The Bertz CT molecular complexity index is 607. The molecule has 0 fully saturated rings. The Balaban J connectivity index is 2.13. The highest BCUT2D eigenvalue weighted by Crippen LogP contribution is 2.25. The molecule has 0 unspecified atom stereocenters. The molecule has 0 aliphatic rings. The summed E-state index contributed by atoms with van der Waals surface area (Å²) < 4.78 is 14.8. The van der Waals surface area contributed by atoms with Crippen LogP contribution in [-0.2, 0) is 5.75 Å². The topological polar surface area (TPSA) is 37.8 Å². The second kappa shape index (κ2) is 7.04. The largest absolute Gasteiger partial charge is 0.368 e. The number of rotatable bonds is 5. The number of benzene rings is 1. The zero-order valence-corrected chi connectivity index (χ0v) is 13.7. The van der Waals surface area contributed by atoms with E-state index in [2.05, 4.69) is 31.2 Å². The first kappa shape index (κ1) is 15.3. The number of aromatic nitrogens is 2. The zero-order chi connectivity index (χ0) is 14.5. The summed E-state index contributed by atoms with van der Waals surface area (Å²) in [4.78, 5) is 9.55. The molecule has 1 heterocycles. The number of anilines is 1. The van der Waals surface area contributed by atoms with Gasteiger partial charge >= 0.3 is 0 Å². The molecule has 0 amide bonds. The summed E-state index contributed by atoms with van der Waals surface area (Å²) in [5, 5.41) is 2.92. The smallest absolute Gasteiger partial charge is 0.186 e. The molecule has 6 heteroatoms. The molecule has 0 saturated heterocycles. The van der Waals surface area contributed by atoms with E-state index in [1.165, 1.54) is 0 Å². The van der Waals surface area contributed by atoms with E-state index in [1.807, 2.05) is 31.2 Å². The van der Waals surface area contributed by atoms with Crippen LogP contribution in [0, 0.1) is 12.7 Å². The van der Waals surface area contributed by atoms with E-state index in [0.717, 1.165) is 9.37 Å². The Morgan fingerprint density at radius 3 is 2.85 bits per heavy atom. The molecule has 0 atom stereocenters. The molecular weight excluding hydrogens is 341 g/mol. The van der Waals surface area contributed by atoms with Crippen molar-refractivity contribution < 1.29 is 4.39 Å². The van der Waals surface area contributed by atoms with Crippen molar-refractivity contribution in [2.45, 2.75) is 24.5 Å². The van der Waals surface area contributed by atoms with Gasteiger partial charge in [0.2, 0.25) is 0 Å². The van der Waals surface area contributed by atoms with Crippen LogP contribution < -0.4 is 5.32 Å². The van der Waals surface area contributed by atoms with Crippen LogP contribution in [-0.4, -0.2) is 16.5 Å². The minimum absolute atomic E-state index is 0.282. The van der Waals surface area contributed by atoms with Gasteiger partial charge in [-0.2, -0.15) is 0 Å². The van der Waals surface area contributed by atoms with Gasteiger partial charge in [0.25, 0.3) is 0 Å². The van der Waals surface area contributed by atoms with Gasteiger partial charge in [0.15, 0.2) is 11.6 Å². The quantitative estimate of drug-likeness (QED) is 0.806. The van der Waals surface area contributed by atoms with E-state index >= 15 is 0 Å². The third-order valence-electron chi connectivity index (χ3n) is 2.57. The van der Waals surface area contributed by atoms with Gasteiger partial charge < -0.3 is 5.32 Å². The molecule has 0 spiro atoms. The van der Waals surface area contributed by atoms with E-state index in [0.29, 0.717) is 23.8 Å². The summed E-state index contributed by atoms with van der Waals surface area (Å²) in [6.45, 7) is 4.20. The maximum absolute atomic E-state index is 13.8. The van der Waals surface area contributed by atoms with Crippen LogP contribution in [0.4, 0.5) is 10.2 Å². The number of thioether (sulfide) groups is 1. The lowest BCUT2D eigenvalue weighted by atomic mass is 10.4. The molecular formula is C14H15BrFN3S. The van der Waals surface area contributed by atoms with Gasteiger partial charge in [0.1, 0.15) is 5.82 Å². The Morgan fingerprint density at radius 2 is 2.15 bits per heavy atom. The Kier molecular flexibility index (Phi) is 5.37. The summed E-state index contributed by atoms with van der Waals surface area (Å²) in [6.07, 6.45) is 0. The lowest BCUT2D eigenvalue weighted by molar-refractivity contribution is 0.602. The highest BCUT2D eigenvalue weighted by atomic mass is 79.9. The molecule has 1 aromatic heterocycles. The van der Waals surface area contributed by atoms with Crippen LogP contribution in [0.2, 0.25) is 0 Å². The Hall–Kier alpha value is -1.14. The molecule has 2 aromatic rings. The van der Waals surface area contributed by atoms with Crippen LogP contribution in [0.15, 0.2) is 33.6 Å². The molecule has 0 bridgehead atoms. The number of nitrogens with zero attached hydrogens (tertiary/aromatic N) is 2. The number of hydrogen-bond acceptors (Lipinski definition) is 4. The molecule has 2 rings (SSSR count). The fourth-order valence-corrected chi connectivity index (χ4v) is 3.03. The summed E-state index contributed by atoms with van der Waals surface area (Å²) in [5.41, 5.74) is 0.376. The Morgan fingerprint density at radius 1 is 1.35 bits per heavy atom. The van der Waals surface area contributed by atoms with Gasteiger partial charge in [0, 0.05) is 15.9 Å². The van der Waals surface area contributed by atoms with Crippen molar-refractivity contribution in [3.63, 3.8) is 0 Å². The number of halogens is 2. The molecule has 0 aliphatic carbocycles. The average molecular weight is 356 g/mol. The van der Waals surface area contributed by atoms with Crippen molar-refractivity contribution in [3.05, 3.63) is 46.1 Å². The monoisotopic (exact) mass is 355 g/mol. The third-order valence-corrected chi connectivity index (χ3v) is 4.05. The summed E-state index contributed by atoms with van der Waals surface area (Å²) >= 11 is 5.06. The molecule has 106 valence electrons. The second-order valence-corrected chi connectivity index (χ2v) is 6.13. The van der Waals surface area contributed by atoms with Gasteiger partial charge in [0.05, 0.1) is 11.4 Å². The maximum Gasteiger partial charge on any atom is 0.186 e. The van der Waals surface area contributed by atoms with Gasteiger partial charge in [-0.1, -0.05) is 22.0 Å². The minimum Gasteiger partial charge on any atom is -0.368 e. The third kappa shape index (κ3) is 3.93. The fraction of sp³-hybridized carbons (Fsp3) is 0.286. The Labute approximate surface area is 130 Å². The molecule has 1 N–H and O–H groups in total. The molecule has 0 saturated carbocycles. The van der Waals surface area contributed by atoms with Gasteiger partial charge in [-0.15, -0.1) is 11.8 Å². The van der Waals surface area contributed by atoms with Crippen LogP contribution >= 0.6 is 27.7 Å². The first-order valence-corrected chi connectivity index (χ1v) is 8.03. The predicted octanol–water partition coefficient (Wildman–Crippen LogP) is 4.41. The zero-order valence-electron chi connectivity index (χ0n) is 11.3. The number of aryl methyl sites for hydroxylation is 1. The minimum atomic E-state index is -0.372. The van der Waals surface area contributed by atoms with Crippen molar-refractivity contribution in [3.8, 4) is 0 Å². The summed E-state index contributed by atoms with van der Waals surface area (Å²) in [7, 11) is 0. The van der Waals surface area contributed by atoms with Crippen molar-refractivity contribution in [2.24, 2.45) is 0 Å². The van der Waals surface area contributed by atoms with Crippen LogP contribution in [0.3, 0.4) is 0 Å². The van der Waals surface area contributed by atoms with Crippen molar-refractivity contribution in [2.75, 3.05) is 11.9 Å².